The lowest BCUT2D eigenvalue weighted by Gasteiger charge is -2.28. The van der Waals surface area contributed by atoms with Gasteiger partial charge in [0.25, 0.3) is 0 Å². The van der Waals surface area contributed by atoms with Gasteiger partial charge in [-0.2, -0.15) is 5.10 Å². The third kappa shape index (κ3) is 2.84. The average molecular weight is 336 g/mol. The molecule has 1 aliphatic heterocycles. The maximum absolute atomic E-state index is 12.9. The van der Waals surface area contributed by atoms with Gasteiger partial charge in [0.2, 0.25) is 5.91 Å². The molecule has 4 rings (SSSR count). The second-order valence-corrected chi connectivity index (χ2v) is 6.48. The van der Waals surface area contributed by atoms with Crippen molar-refractivity contribution < 1.29 is 9.32 Å². The average Bonchev–Trinajstić information content (AvgIpc) is 3.27. The number of hydrogen-bond acceptors (Lipinski definition) is 4. The topological polar surface area (TPSA) is 64.2 Å². The quantitative estimate of drug-likeness (QED) is 0.737. The van der Waals surface area contributed by atoms with E-state index >= 15 is 0 Å². The first kappa shape index (κ1) is 15.6. The number of amides is 1. The third-order valence-electron chi connectivity index (χ3n) is 4.67. The van der Waals surface area contributed by atoms with E-state index in [1.165, 1.54) is 0 Å². The maximum atomic E-state index is 12.9. The molecular formula is C19H20N4O2. The highest BCUT2D eigenvalue weighted by Gasteiger charge is 2.30. The summed E-state index contributed by atoms with van der Waals surface area (Å²) in [7, 11) is 0. The molecule has 1 aliphatic rings. The van der Waals surface area contributed by atoms with Gasteiger partial charge in [0.15, 0.2) is 0 Å². The summed E-state index contributed by atoms with van der Waals surface area (Å²) >= 11 is 0. The predicted octanol–water partition coefficient (Wildman–Crippen LogP) is 2.99. The second-order valence-electron chi connectivity index (χ2n) is 6.48. The van der Waals surface area contributed by atoms with Crippen LogP contribution in [0.2, 0.25) is 0 Å². The van der Waals surface area contributed by atoms with Crippen LogP contribution in [-0.4, -0.2) is 32.3 Å². The molecule has 0 radical (unpaired) electrons. The number of hydrogen-bond donors (Lipinski definition) is 0. The van der Waals surface area contributed by atoms with Crippen LogP contribution in [0.3, 0.4) is 0 Å². The Morgan fingerprint density at radius 3 is 2.80 bits per heavy atom. The maximum Gasteiger partial charge on any atom is 0.247 e. The molecule has 6 heteroatoms. The van der Waals surface area contributed by atoms with E-state index in [4.69, 9.17) is 4.52 Å². The number of carbonyl (C=O) groups is 1. The van der Waals surface area contributed by atoms with Crippen molar-refractivity contribution in [1.29, 1.82) is 0 Å². The fourth-order valence-corrected chi connectivity index (χ4v) is 3.24. The molecule has 3 heterocycles. The lowest BCUT2D eigenvalue weighted by Crippen LogP contribution is -2.39. The van der Waals surface area contributed by atoms with Crippen LogP contribution >= 0.6 is 0 Å². The number of nitrogens with zero attached hydrogens (tertiary/aromatic N) is 4. The van der Waals surface area contributed by atoms with E-state index in [0.717, 1.165) is 28.1 Å². The van der Waals surface area contributed by atoms with Gasteiger partial charge in [-0.25, -0.2) is 0 Å². The molecule has 2 aromatic heterocycles. The fraction of sp³-hybridized carbons (Fsp3) is 0.316. The minimum atomic E-state index is -0.324. The number of fused-ring (bicyclic) bond motifs is 1. The van der Waals surface area contributed by atoms with Gasteiger partial charge >= 0.3 is 0 Å². The first-order valence-electron chi connectivity index (χ1n) is 8.46. The Hall–Kier alpha value is -2.89. The van der Waals surface area contributed by atoms with E-state index in [2.05, 4.69) is 10.3 Å². The Morgan fingerprint density at radius 2 is 2.08 bits per heavy atom. The fourth-order valence-electron chi connectivity index (χ4n) is 3.24. The Balaban J connectivity index is 1.58. The zero-order valence-electron chi connectivity index (χ0n) is 14.3. The zero-order chi connectivity index (χ0) is 17.4. The lowest BCUT2D eigenvalue weighted by molar-refractivity contribution is -0.135. The lowest BCUT2D eigenvalue weighted by atomic mass is 10.0. The van der Waals surface area contributed by atoms with E-state index in [1.807, 2.05) is 55.3 Å². The minimum absolute atomic E-state index is 0.0639. The summed E-state index contributed by atoms with van der Waals surface area (Å²) in [6.45, 7) is 5.01. The van der Waals surface area contributed by atoms with Crippen LogP contribution in [0, 0.1) is 6.92 Å². The van der Waals surface area contributed by atoms with Crippen LogP contribution in [0.5, 0.6) is 0 Å². The molecule has 3 aromatic rings. The largest absolute Gasteiger partial charge is 0.360 e. The van der Waals surface area contributed by atoms with Crippen molar-refractivity contribution in [3.8, 4) is 11.3 Å². The molecule has 0 saturated heterocycles. The summed E-state index contributed by atoms with van der Waals surface area (Å²) < 4.78 is 7.23. The first-order valence-corrected chi connectivity index (χ1v) is 8.46. The Labute approximate surface area is 146 Å². The van der Waals surface area contributed by atoms with Gasteiger partial charge in [-0.15, -0.1) is 0 Å². The molecule has 0 N–H and O–H groups in total. The van der Waals surface area contributed by atoms with Gasteiger partial charge in [0, 0.05) is 30.3 Å². The van der Waals surface area contributed by atoms with Crippen molar-refractivity contribution in [3.05, 3.63) is 59.6 Å². The van der Waals surface area contributed by atoms with Gasteiger partial charge in [-0.05, 0) is 19.4 Å². The van der Waals surface area contributed by atoms with E-state index in [9.17, 15) is 4.79 Å². The Morgan fingerprint density at radius 1 is 1.28 bits per heavy atom. The molecule has 25 heavy (non-hydrogen) atoms. The molecule has 0 spiro atoms. The van der Waals surface area contributed by atoms with Crippen LogP contribution in [0.4, 0.5) is 0 Å². The van der Waals surface area contributed by atoms with E-state index in [0.29, 0.717) is 19.5 Å². The van der Waals surface area contributed by atoms with Crippen molar-refractivity contribution >= 4 is 5.91 Å². The highest BCUT2D eigenvalue weighted by molar-refractivity contribution is 5.80. The number of aromatic nitrogens is 3. The molecule has 0 saturated carbocycles. The van der Waals surface area contributed by atoms with E-state index in [1.54, 1.807) is 10.9 Å². The number of rotatable bonds is 3. The third-order valence-corrected chi connectivity index (χ3v) is 4.67. The van der Waals surface area contributed by atoms with Gasteiger partial charge in [0.1, 0.15) is 17.5 Å². The second kappa shape index (κ2) is 6.20. The summed E-state index contributed by atoms with van der Waals surface area (Å²) in [6, 6.07) is 9.62. The number of benzene rings is 1. The van der Waals surface area contributed by atoms with Gasteiger partial charge in [-0.3, -0.25) is 9.48 Å². The number of aryl methyl sites for hydroxylation is 1. The van der Waals surface area contributed by atoms with E-state index in [-0.39, 0.29) is 11.9 Å². The molecular weight excluding hydrogens is 316 g/mol. The molecule has 128 valence electrons. The molecule has 0 unspecified atom stereocenters. The molecule has 1 atom stereocenters. The molecule has 0 bridgehead atoms. The van der Waals surface area contributed by atoms with Gasteiger partial charge in [0.05, 0.1) is 12.7 Å². The monoisotopic (exact) mass is 336 g/mol. The summed E-state index contributed by atoms with van der Waals surface area (Å²) in [6.07, 6.45) is 4.35. The van der Waals surface area contributed by atoms with Crippen LogP contribution in [0.1, 0.15) is 29.9 Å². The van der Waals surface area contributed by atoms with Crippen LogP contribution in [-0.2, 0) is 17.8 Å². The van der Waals surface area contributed by atoms with Crippen LogP contribution < -0.4 is 0 Å². The van der Waals surface area contributed by atoms with E-state index < -0.39 is 0 Å². The SMILES string of the molecule is Cc1cnn([C@H](C)C(=O)N2CCc3onc(-c4ccccc4)c3C2)c1. The smallest absolute Gasteiger partial charge is 0.247 e. The summed E-state index contributed by atoms with van der Waals surface area (Å²) in [5, 5.41) is 8.51. The van der Waals surface area contributed by atoms with Crippen LogP contribution in [0.15, 0.2) is 47.2 Å². The number of carbonyl (C=O) groups excluding carboxylic acids is 1. The first-order chi connectivity index (χ1) is 12.1. The van der Waals surface area contributed by atoms with Crippen molar-refractivity contribution in [2.24, 2.45) is 0 Å². The van der Waals surface area contributed by atoms with Crippen molar-refractivity contribution in [3.63, 3.8) is 0 Å². The molecule has 6 nitrogen and oxygen atoms in total. The highest BCUT2D eigenvalue weighted by atomic mass is 16.5. The zero-order valence-corrected chi connectivity index (χ0v) is 14.3. The molecule has 1 aromatic carbocycles. The highest BCUT2D eigenvalue weighted by Crippen LogP contribution is 2.30. The predicted molar refractivity (Wildman–Crippen MR) is 92.7 cm³/mol. The Bertz CT molecular complexity index is 897. The van der Waals surface area contributed by atoms with Crippen molar-refractivity contribution in [2.75, 3.05) is 6.54 Å². The van der Waals surface area contributed by atoms with Gasteiger partial charge in [-0.1, -0.05) is 35.5 Å². The minimum Gasteiger partial charge on any atom is -0.360 e. The van der Waals surface area contributed by atoms with Crippen molar-refractivity contribution in [2.45, 2.75) is 32.9 Å². The summed E-state index contributed by atoms with van der Waals surface area (Å²) in [5.41, 5.74) is 3.90. The van der Waals surface area contributed by atoms with Gasteiger partial charge < -0.3 is 9.42 Å². The molecule has 0 fully saturated rings. The standard InChI is InChI=1S/C19H20N4O2/c1-13-10-20-23(11-13)14(2)19(24)22-9-8-17-16(12-22)18(21-25-17)15-6-4-3-5-7-15/h3-7,10-11,14H,8-9,12H2,1-2H3/t14-/m1/s1. The molecule has 0 aliphatic carbocycles. The normalized spacial score (nSPS) is 15.0. The van der Waals surface area contributed by atoms with Crippen molar-refractivity contribution in [1.82, 2.24) is 19.8 Å². The van der Waals surface area contributed by atoms with Crippen LogP contribution in [0.25, 0.3) is 11.3 Å². The summed E-state index contributed by atoms with van der Waals surface area (Å²) in [5.74, 6) is 0.944. The Kier molecular flexibility index (Phi) is 3.87. The summed E-state index contributed by atoms with van der Waals surface area (Å²) in [4.78, 5) is 14.8. The molecule has 1 amide bonds.